The first-order valence-electron chi connectivity index (χ1n) is 10.9. The van der Waals surface area contributed by atoms with E-state index in [9.17, 15) is 26.4 Å². The minimum absolute atomic E-state index is 0.0435. The van der Waals surface area contributed by atoms with E-state index in [1.165, 1.54) is 12.1 Å². The Morgan fingerprint density at radius 2 is 1.84 bits per heavy atom. The molecule has 9 nitrogen and oxygen atoms in total. The van der Waals surface area contributed by atoms with Crippen molar-refractivity contribution in [2.75, 3.05) is 34.6 Å². The second-order valence-electron chi connectivity index (χ2n) is 7.81. The molecule has 1 heterocycles. The van der Waals surface area contributed by atoms with Gasteiger partial charge in [-0.05, 0) is 42.8 Å². The molecule has 0 atom stereocenters. The van der Waals surface area contributed by atoms with Crippen LogP contribution >= 0.6 is 0 Å². The first kappa shape index (κ1) is 27.5. The highest BCUT2D eigenvalue weighted by molar-refractivity contribution is 7.90. The number of carbonyl (C=O) groups is 1. The smallest absolute Gasteiger partial charge is 0.421 e. The summed E-state index contributed by atoms with van der Waals surface area (Å²) >= 11 is 0. The molecular weight excluding hydrogens is 511 g/mol. The number of halogens is 3. The van der Waals surface area contributed by atoms with Crippen LogP contribution < -0.4 is 20.7 Å². The number of aromatic nitrogens is 2. The van der Waals surface area contributed by atoms with Crippen LogP contribution in [0.3, 0.4) is 0 Å². The highest BCUT2D eigenvalue weighted by Gasteiger charge is 2.35. The fourth-order valence-corrected chi connectivity index (χ4v) is 3.71. The Labute approximate surface area is 211 Å². The molecule has 13 heteroatoms. The van der Waals surface area contributed by atoms with Crippen molar-refractivity contribution < 1.29 is 31.1 Å². The van der Waals surface area contributed by atoms with Gasteiger partial charge in [0, 0.05) is 23.8 Å². The van der Waals surface area contributed by atoms with Crippen LogP contribution in [-0.2, 0) is 20.8 Å². The first-order valence-corrected chi connectivity index (χ1v) is 12.9. The summed E-state index contributed by atoms with van der Waals surface area (Å²) in [6.45, 7) is 3.47. The van der Waals surface area contributed by atoms with Gasteiger partial charge in [0.15, 0.2) is 0 Å². The van der Waals surface area contributed by atoms with E-state index in [1.54, 1.807) is 36.4 Å². The summed E-state index contributed by atoms with van der Waals surface area (Å²) in [6, 6.07) is 12.7. The lowest BCUT2D eigenvalue weighted by atomic mass is 10.2. The second-order valence-corrected chi connectivity index (χ2v) is 10.1. The van der Waals surface area contributed by atoms with Crippen molar-refractivity contribution in [1.82, 2.24) is 9.97 Å². The van der Waals surface area contributed by atoms with Crippen LogP contribution in [0.5, 0.6) is 5.75 Å². The van der Waals surface area contributed by atoms with E-state index in [2.05, 4.69) is 32.5 Å². The molecule has 0 radical (unpaired) electrons. The van der Waals surface area contributed by atoms with Crippen molar-refractivity contribution in [3.05, 3.63) is 72.9 Å². The van der Waals surface area contributed by atoms with Crippen molar-refractivity contribution in [3.8, 4) is 5.75 Å². The number of hydrogen-bond donors (Lipinski definition) is 3. The minimum atomic E-state index is -4.74. The Morgan fingerprint density at radius 1 is 1.11 bits per heavy atom. The lowest BCUT2D eigenvalue weighted by molar-refractivity contribution is -0.137. The normalized spacial score (nSPS) is 11.5. The van der Waals surface area contributed by atoms with E-state index >= 15 is 0 Å². The van der Waals surface area contributed by atoms with Crippen LogP contribution in [0.25, 0.3) is 0 Å². The van der Waals surface area contributed by atoms with Gasteiger partial charge in [-0.2, -0.15) is 18.2 Å². The summed E-state index contributed by atoms with van der Waals surface area (Å²) < 4.78 is 69.2. The molecule has 1 aromatic heterocycles. The molecule has 0 saturated heterocycles. The molecule has 3 N–H and O–H groups in total. The molecule has 0 fully saturated rings. The molecule has 2 aromatic carbocycles. The van der Waals surface area contributed by atoms with Gasteiger partial charge in [-0.3, -0.25) is 4.79 Å². The fraction of sp³-hybridized carbons (Fsp3) is 0.208. The van der Waals surface area contributed by atoms with E-state index < -0.39 is 33.3 Å². The zero-order chi connectivity index (χ0) is 27.1. The number of para-hydroxylation sites is 2. The number of nitrogens with zero attached hydrogens (tertiary/aromatic N) is 2. The summed E-state index contributed by atoms with van der Waals surface area (Å²) in [5.41, 5.74) is -0.130. The lowest BCUT2D eigenvalue weighted by Crippen LogP contribution is -2.13. The molecule has 3 rings (SSSR count). The van der Waals surface area contributed by atoms with Crippen molar-refractivity contribution in [2.24, 2.45) is 0 Å². The molecule has 3 aromatic rings. The average Bonchev–Trinajstić information content (AvgIpc) is 2.82. The zero-order valence-electron chi connectivity index (χ0n) is 19.7. The van der Waals surface area contributed by atoms with Gasteiger partial charge in [0.25, 0.3) is 0 Å². The zero-order valence-corrected chi connectivity index (χ0v) is 20.5. The standard InChI is InChI=1S/C24H24F3N5O4S/c1-3-21(33)29-16-8-6-9-17(14-16)30-22-18(24(25,26)27)15-28-23(32-22)31-19-10-4-5-11-20(19)36-12-7-13-37(2,34)35/h3-6,8-11,14-15H,1,7,12-13H2,2H3,(H,29,33)(H2,28,30,31,32). The predicted molar refractivity (Wildman–Crippen MR) is 135 cm³/mol. The van der Waals surface area contributed by atoms with Gasteiger partial charge >= 0.3 is 6.18 Å². The molecule has 0 unspecified atom stereocenters. The first-order chi connectivity index (χ1) is 17.4. The summed E-state index contributed by atoms with van der Waals surface area (Å²) in [5.74, 6) is -0.820. The number of carbonyl (C=O) groups excluding carboxylic acids is 1. The minimum Gasteiger partial charge on any atom is -0.491 e. The molecule has 196 valence electrons. The summed E-state index contributed by atoms with van der Waals surface area (Å²) in [4.78, 5) is 19.4. The van der Waals surface area contributed by atoms with Crippen LogP contribution in [0.4, 0.5) is 42.0 Å². The molecule has 0 bridgehead atoms. The van der Waals surface area contributed by atoms with Crippen LogP contribution in [0, 0.1) is 0 Å². The van der Waals surface area contributed by atoms with Gasteiger partial charge in [-0.15, -0.1) is 0 Å². The molecule has 0 aliphatic carbocycles. The molecule has 37 heavy (non-hydrogen) atoms. The number of hydrogen-bond acceptors (Lipinski definition) is 8. The van der Waals surface area contributed by atoms with Crippen LogP contribution in [-0.4, -0.2) is 42.9 Å². The summed E-state index contributed by atoms with van der Waals surface area (Å²) in [5, 5.41) is 8.00. The van der Waals surface area contributed by atoms with E-state index in [0.717, 1.165) is 12.3 Å². The second kappa shape index (κ2) is 11.7. The van der Waals surface area contributed by atoms with E-state index in [4.69, 9.17) is 4.74 Å². The molecule has 1 amide bonds. The third kappa shape index (κ3) is 8.49. The number of rotatable bonds is 11. The van der Waals surface area contributed by atoms with Crippen LogP contribution in [0.2, 0.25) is 0 Å². The van der Waals surface area contributed by atoms with E-state index in [0.29, 0.717) is 23.3 Å². The topological polar surface area (TPSA) is 122 Å². The Balaban J connectivity index is 1.84. The number of alkyl halides is 3. The van der Waals surface area contributed by atoms with Crippen molar-refractivity contribution >= 4 is 44.6 Å². The Bertz CT molecular complexity index is 1380. The fourth-order valence-electron chi connectivity index (χ4n) is 3.07. The predicted octanol–water partition coefficient (Wildman–Crippen LogP) is 4.92. The highest BCUT2D eigenvalue weighted by Crippen LogP contribution is 2.36. The van der Waals surface area contributed by atoms with E-state index in [1.807, 2.05) is 0 Å². The van der Waals surface area contributed by atoms with E-state index in [-0.39, 0.29) is 30.4 Å². The van der Waals surface area contributed by atoms with Gasteiger partial charge in [0.1, 0.15) is 27.0 Å². The number of amides is 1. The average molecular weight is 536 g/mol. The maximum absolute atomic E-state index is 13.7. The monoisotopic (exact) mass is 535 g/mol. The number of sulfone groups is 1. The third-order valence-electron chi connectivity index (χ3n) is 4.72. The van der Waals surface area contributed by atoms with Gasteiger partial charge in [0.05, 0.1) is 18.0 Å². The highest BCUT2D eigenvalue weighted by atomic mass is 32.2. The third-order valence-corrected chi connectivity index (χ3v) is 5.75. The molecule has 0 aliphatic heterocycles. The van der Waals surface area contributed by atoms with Crippen molar-refractivity contribution in [3.63, 3.8) is 0 Å². The van der Waals surface area contributed by atoms with Crippen molar-refractivity contribution in [1.29, 1.82) is 0 Å². The molecular formula is C24H24F3N5O4S. The number of nitrogens with one attached hydrogen (secondary N) is 3. The number of anilines is 5. The van der Waals surface area contributed by atoms with Gasteiger partial charge in [-0.1, -0.05) is 24.8 Å². The molecule has 0 saturated carbocycles. The Morgan fingerprint density at radius 3 is 2.54 bits per heavy atom. The quantitative estimate of drug-likeness (QED) is 0.234. The van der Waals surface area contributed by atoms with Crippen LogP contribution in [0.15, 0.2) is 67.4 Å². The maximum Gasteiger partial charge on any atom is 0.421 e. The maximum atomic E-state index is 13.7. The molecule has 0 spiro atoms. The number of benzene rings is 2. The molecule has 0 aliphatic rings. The largest absolute Gasteiger partial charge is 0.491 e. The summed E-state index contributed by atoms with van der Waals surface area (Å²) in [6.07, 6.45) is -1.63. The Hall–Kier alpha value is -4.13. The lowest BCUT2D eigenvalue weighted by Gasteiger charge is -2.16. The number of ether oxygens (including phenoxy) is 1. The Kier molecular flexibility index (Phi) is 8.71. The van der Waals surface area contributed by atoms with Gasteiger partial charge < -0.3 is 20.7 Å². The SMILES string of the molecule is C=CC(=O)Nc1cccc(Nc2nc(Nc3ccccc3OCCCS(C)(=O)=O)ncc2C(F)(F)F)c1. The van der Waals surface area contributed by atoms with Crippen LogP contribution in [0.1, 0.15) is 12.0 Å². The van der Waals surface area contributed by atoms with Gasteiger partial charge in [-0.25, -0.2) is 13.4 Å². The summed E-state index contributed by atoms with van der Waals surface area (Å²) in [7, 11) is -3.13. The van der Waals surface area contributed by atoms with Crippen molar-refractivity contribution in [2.45, 2.75) is 12.6 Å². The van der Waals surface area contributed by atoms with Gasteiger partial charge in [0.2, 0.25) is 11.9 Å².